The Morgan fingerprint density at radius 2 is 0.613 bits per heavy atom. The molecule has 8 heteroatoms. The van der Waals surface area contributed by atoms with Crippen molar-refractivity contribution in [2.45, 2.75) is 184 Å². The number of rotatable bonds is 4. The van der Waals surface area contributed by atoms with Crippen molar-refractivity contribution in [2.24, 2.45) is 0 Å². The Morgan fingerprint density at radius 1 is 0.323 bits per heavy atom. The third-order valence-corrected chi connectivity index (χ3v) is 26.9. The molecule has 6 aliphatic heterocycles. The number of para-hydroxylation sites is 4. The molecule has 320 valence electrons. The number of nitrogens with zero attached hydrogens (tertiary/aromatic N) is 4. The minimum absolute atomic E-state index is 0.240. The first kappa shape index (κ1) is 37.1. The molecule has 15 rings (SSSR count). The zero-order valence-corrected chi connectivity index (χ0v) is 37.7. The summed E-state index contributed by atoms with van der Waals surface area (Å²) in [5.41, 5.74) is 9.50. The van der Waals surface area contributed by atoms with Crippen molar-refractivity contribution in [2.75, 3.05) is 19.6 Å². The van der Waals surface area contributed by atoms with Gasteiger partial charge in [0.15, 0.2) is 0 Å². The molecule has 0 spiro atoms. The van der Waals surface area contributed by atoms with E-state index in [9.17, 15) is 0 Å². The zero-order chi connectivity index (χ0) is 40.2. The quantitative estimate of drug-likeness (QED) is 0.190. The van der Waals surface area contributed by atoms with E-state index in [4.69, 9.17) is 9.47 Å². The lowest BCUT2D eigenvalue weighted by Gasteiger charge is -2.78. The standard InChI is InChI=1S/C54H62N4O2P2/c1-5-17-33(18-6-1)55-37-25-13-27-39-49(37)61-51-41(55)29-15-31-43(51)59-47-46-54-48(45(53(47)61)57(39)35-21-9-3-10-22-35)60-44-32-16-30-42-52(44)62(54)50-38(56(42)34-19-7-2-8-20-34)26-14-28-40(50)58(46)36-23-11-4-12-24-36/h1-12,17-24,37-54H,13-16,25-32H2. The second-order valence-electron chi connectivity index (χ2n) is 21.2. The maximum atomic E-state index is 8.27. The fourth-order valence-corrected chi connectivity index (χ4v) is 27.7. The normalized spacial score (nSPS) is 46.3. The van der Waals surface area contributed by atoms with Crippen LogP contribution in [0, 0.1) is 0 Å². The molecular weight excluding hydrogens is 799 g/mol. The van der Waals surface area contributed by atoms with E-state index in [1.54, 1.807) is 0 Å². The van der Waals surface area contributed by atoms with Gasteiger partial charge in [-0.1, -0.05) is 88.6 Å². The molecule has 4 aromatic rings. The monoisotopic (exact) mass is 860 g/mol. The van der Waals surface area contributed by atoms with Crippen LogP contribution in [0.1, 0.15) is 77.0 Å². The average Bonchev–Trinajstić information content (AvgIpc) is 3.34. The molecule has 6 nitrogen and oxygen atoms in total. The third-order valence-electron chi connectivity index (χ3n) is 18.9. The smallest absolute Gasteiger partial charge is 0.0877 e. The molecule has 0 radical (unpaired) electrons. The van der Waals surface area contributed by atoms with Gasteiger partial charge in [-0.05, 0) is 126 Å². The second-order valence-corrected chi connectivity index (χ2v) is 26.6. The van der Waals surface area contributed by atoms with Crippen molar-refractivity contribution in [3.05, 3.63) is 121 Å². The molecule has 20 unspecified atom stereocenters. The summed E-state index contributed by atoms with van der Waals surface area (Å²) in [6, 6.07) is 51.4. The van der Waals surface area contributed by atoms with Gasteiger partial charge in [0.25, 0.3) is 0 Å². The van der Waals surface area contributed by atoms with Crippen LogP contribution >= 0.6 is 15.8 Å². The first-order chi connectivity index (χ1) is 30.8. The summed E-state index contributed by atoms with van der Waals surface area (Å²) in [6.07, 6.45) is 16.8. The number of hydrogen-bond acceptors (Lipinski definition) is 6. The molecule has 5 saturated carbocycles. The summed E-state index contributed by atoms with van der Waals surface area (Å²) in [6.45, 7) is 0. The van der Waals surface area contributed by atoms with Crippen LogP contribution in [-0.4, -0.2) is 107 Å². The molecule has 20 atom stereocenters. The van der Waals surface area contributed by atoms with E-state index in [1.807, 2.05) is 0 Å². The van der Waals surface area contributed by atoms with Crippen molar-refractivity contribution in [1.29, 1.82) is 0 Å². The van der Waals surface area contributed by atoms with Crippen LogP contribution in [0.4, 0.5) is 22.7 Å². The lowest BCUT2D eigenvalue weighted by molar-refractivity contribution is -0.128. The van der Waals surface area contributed by atoms with Gasteiger partial charge in [-0.2, -0.15) is 0 Å². The van der Waals surface area contributed by atoms with Crippen LogP contribution < -0.4 is 19.6 Å². The van der Waals surface area contributed by atoms with Crippen LogP contribution in [0.15, 0.2) is 121 Å². The van der Waals surface area contributed by atoms with Gasteiger partial charge >= 0.3 is 0 Å². The van der Waals surface area contributed by atoms with E-state index >= 15 is 0 Å². The Morgan fingerprint density at radius 3 is 0.968 bits per heavy atom. The van der Waals surface area contributed by atoms with Crippen molar-refractivity contribution in [3.8, 4) is 0 Å². The summed E-state index contributed by atoms with van der Waals surface area (Å²) in [4.78, 5) is 12.3. The summed E-state index contributed by atoms with van der Waals surface area (Å²) in [5, 5.41) is 0. The van der Waals surface area contributed by atoms with Gasteiger partial charge in [-0.25, -0.2) is 0 Å². The van der Waals surface area contributed by atoms with E-state index in [0.29, 0.717) is 94.5 Å². The Balaban J connectivity index is 0.963. The molecule has 0 aromatic heterocycles. The van der Waals surface area contributed by atoms with Crippen LogP contribution in [0.5, 0.6) is 0 Å². The molecule has 0 N–H and O–H groups in total. The highest BCUT2D eigenvalue weighted by molar-refractivity contribution is 7.61. The van der Waals surface area contributed by atoms with E-state index in [2.05, 4.69) is 141 Å². The molecule has 0 bridgehead atoms. The van der Waals surface area contributed by atoms with Gasteiger partial charge in [0, 0.05) is 93.0 Å². The predicted octanol–water partition coefficient (Wildman–Crippen LogP) is 10.5. The lowest BCUT2D eigenvalue weighted by Crippen LogP contribution is -2.86. The Hall–Kier alpha value is -3.14. The van der Waals surface area contributed by atoms with E-state index in [1.165, 1.54) is 99.8 Å². The maximum Gasteiger partial charge on any atom is 0.0877 e. The fraction of sp³-hybridized carbons (Fsp3) is 0.556. The van der Waals surface area contributed by atoms with E-state index in [-0.39, 0.29) is 28.1 Å². The molecule has 62 heavy (non-hydrogen) atoms. The van der Waals surface area contributed by atoms with Gasteiger partial charge in [0.1, 0.15) is 0 Å². The van der Waals surface area contributed by atoms with Gasteiger partial charge in [0.05, 0.1) is 36.5 Å². The number of benzene rings is 4. The highest BCUT2D eigenvalue weighted by Crippen LogP contribution is 2.78. The lowest BCUT2D eigenvalue weighted by atomic mass is 9.74. The molecule has 6 heterocycles. The maximum absolute atomic E-state index is 8.27. The van der Waals surface area contributed by atoms with Crippen molar-refractivity contribution in [1.82, 2.24) is 0 Å². The van der Waals surface area contributed by atoms with Gasteiger partial charge in [-0.3, -0.25) is 0 Å². The van der Waals surface area contributed by atoms with Gasteiger partial charge < -0.3 is 29.1 Å². The summed E-state index contributed by atoms with van der Waals surface area (Å²) < 4.78 is 16.5. The summed E-state index contributed by atoms with van der Waals surface area (Å²) >= 11 is 0. The first-order valence-electron chi connectivity index (χ1n) is 25.0. The van der Waals surface area contributed by atoms with Crippen LogP contribution in [0.2, 0.25) is 0 Å². The van der Waals surface area contributed by atoms with Gasteiger partial charge in [0.2, 0.25) is 0 Å². The molecule has 6 saturated heterocycles. The predicted molar refractivity (Wildman–Crippen MR) is 255 cm³/mol. The number of hydrogen-bond donors (Lipinski definition) is 0. The average molecular weight is 861 g/mol. The number of fused-ring (bicyclic) bond motifs is 2. The summed E-state index contributed by atoms with van der Waals surface area (Å²) in [5.74, 6) is 0. The first-order valence-corrected chi connectivity index (χ1v) is 28.1. The highest BCUT2D eigenvalue weighted by atomic mass is 31.1. The van der Waals surface area contributed by atoms with Crippen molar-refractivity contribution >= 4 is 38.6 Å². The number of anilines is 4. The Labute approximate surface area is 371 Å². The Kier molecular flexibility index (Phi) is 8.49. The second kappa shape index (κ2) is 14.2. The SMILES string of the molecule is c1ccc(N2C3CCCC4OC5C6C7C(OC8CCCC9C8P7C7C(CCCC7N6c6ccccc6)N9c6ccccc6)C6C5P(C43)C3C2CCCC3N6c2ccccc2)cc1. The molecule has 4 aromatic carbocycles. The fourth-order valence-electron chi connectivity index (χ4n) is 17.5. The summed E-state index contributed by atoms with van der Waals surface area (Å²) in [7, 11) is -0.705. The largest absolute Gasteiger partial charge is 0.371 e. The van der Waals surface area contributed by atoms with Crippen LogP contribution in [0.3, 0.4) is 0 Å². The van der Waals surface area contributed by atoms with Crippen molar-refractivity contribution < 1.29 is 9.47 Å². The van der Waals surface area contributed by atoms with E-state index < -0.39 is 0 Å². The molecule has 11 fully saturated rings. The zero-order valence-electron chi connectivity index (χ0n) is 35.9. The molecule has 0 amide bonds. The van der Waals surface area contributed by atoms with Crippen molar-refractivity contribution in [3.63, 3.8) is 0 Å². The minimum atomic E-state index is -0.353. The highest BCUT2D eigenvalue weighted by Gasteiger charge is 2.76. The van der Waals surface area contributed by atoms with Crippen LogP contribution in [0.25, 0.3) is 0 Å². The molecule has 5 aliphatic carbocycles. The molecular formula is C54H62N4O2P2. The van der Waals surface area contributed by atoms with E-state index in [0.717, 1.165) is 0 Å². The topological polar surface area (TPSA) is 31.4 Å². The molecule has 11 aliphatic rings. The van der Waals surface area contributed by atoms with Crippen LogP contribution in [-0.2, 0) is 9.47 Å². The third kappa shape index (κ3) is 4.97. The van der Waals surface area contributed by atoms with Gasteiger partial charge in [-0.15, -0.1) is 0 Å². The number of ether oxygens (including phenoxy) is 2. The minimum Gasteiger partial charge on any atom is -0.371 e. The Bertz CT molecular complexity index is 2130.